The number of benzene rings is 2. The highest BCUT2D eigenvalue weighted by molar-refractivity contribution is 6.04. The molecule has 1 aromatic heterocycles. The molecule has 0 aliphatic carbocycles. The van der Waals surface area contributed by atoms with E-state index in [-0.39, 0.29) is 11.8 Å². The van der Waals surface area contributed by atoms with Crippen LogP contribution in [0.15, 0.2) is 59.1 Å². The van der Waals surface area contributed by atoms with Gasteiger partial charge in [0.15, 0.2) is 5.82 Å². The van der Waals surface area contributed by atoms with Gasteiger partial charge in [0.25, 0.3) is 11.8 Å². The maximum atomic E-state index is 12.2. The molecule has 132 valence electrons. The molecule has 3 rings (SSSR count). The van der Waals surface area contributed by atoms with E-state index in [2.05, 4.69) is 15.8 Å². The van der Waals surface area contributed by atoms with Crippen LogP contribution in [0.3, 0.4) is 0 Å². The lowest BCUT2D eigenvalue weighted by Crippen LogP contribution is -2.23. The predicted molar refractivity (Wildman–Crippen MR) is 98.0 cm³/mol. The van der Waals surface area contributed by atoms with E-state index >= 15 is 0 Å². The van der Waals surface area contributed by atoms with E-state index in [4.69, 9.17) is 4.52 Å². The smallest absolute Gasteiger partial charge is 0.256 e. The molecule has 26 heavy (non-hydrogen) atoms. The molecule has 0 aliphatic rings. The minimum atomic E-state index is -0.315. The molecule has 0 bridgehead atoms. The molecule has 0 saturated heterocycles. The topological polar surface area (TPSA) is 84.2 Å². The number of amides is 2. The maximum Gasteiger partial charge on any atom is 0.256 e. The van der Waals surface area contributed by atoms with Crippen molar-refractivity contribution in [2.24, 2.45) is 0 Å². The van der Waals surface area contributed by atoms with Crippen molar-refractivity contribution in [1.82, 2.24) is 10.5 Å². The molecule has 2 N–H and O–H groups in total. The fraction of sp³-hybridized carbons (Fsp3) is 0.150. The number of aryl methyl sites for hydroxylation is 2. The molecule has 0 atom stereocenters. The Morgan fingerprint density at radius 3 is 2.27 bits per heavy atom. The Morgan fingerprint density at radius 1 is 0.962 bits per heavy atom. The molecule has 0 saturated carbocycles. The van der Waals surface area contributed by atoms with Gasteiger partial charge in [0.05, 0.1) is 0 Å². The summed E-state index contributed by atoms with van der Waals surface area (Å²) < 4.78 is 4.90. The largest absolute Gasteiger partial charge is 0.360 e. The Bertz CT molecular complexity index is 929. The molecule has 2 amide bonds. The van der Waals surface area contributed by atoms with Crippen molar-refractivity contribution < 1.29 is 14.1 Å². The monoisotopic (exact) mass is 349 g/mol. The number of rotatable bonds is 5. The van der Waals surface area contributed by atoms with Crippen molar-refractivity contribution in [3.05, 3.63) is 82.6 Å². The first-order valence-corrected chi connectivity index (χ1v) is 8.20. The van der Waals surface area contributed by atoms with Crippen LogP contribution < -0.4 is 10.6 Å². The number of nitrogens with zero attached hydrogens (tertiary/aromatic N) is 1. The molecule has 1 heterocycles. The van der Waals surface area contributed by atoms with E-state index in [1.807, 2.05) is 31.2 Å². The van der Waals surface area contributed by atoms with Crippen LogP contribution in [0.1, 0.15) is 37.6 Å². The van der Waals surface area contributed by atoms with E-state index in [1.165, 1.54) is 0 Å². The van der Waals surface area contributed by atoms with Gasteiger partial charge in [-0.05, 0) is 43.7 Å². The SMILES string of the molecule is Cc1cccc(CNC(=O)c2ccc(C(=O)Nc3cc(C)on3)cc2)c1. The molecular weight excluding hydrogens is 330 g/mol. The summed E-state index contributed by atoms with van der Waals surface area (Å²) in [5.74, 6) is 0.462. The highest BCUT2D eigenvalue weighted by Gasteiger charge is 2.11. The van der Waals surface area contributed by atoms with Crippen LogP contribution in [0.4, 0.5) is 5.82 Å². The molecule has 0 radical (unpaired) electrons. The zero-order valence-electron chi connectivity index (χ0n) is 14.6. The fourth-order valence-corrected chi connectivity index (χ4v) is 2.49. The second kappa shape index (κ2) is 7.65. The summed E-state index contributed by atoms with van der Waals surface area (Å²) in [7, 11) is 0. The molecular formula is C20H19N3O3. The number of carbonyl (C=O) groups excluding carboxylic acids is 2. The number of aromatic nitrogens is 1. The Labute approximate surface area is 151 Å². The van der Waals surface area contributed by atoms with Crippen LogP contribution in [0.25, 0.3) is 0 Å². The summed E-state index contributed by atoms with van der Waals surface area (Å²) in [6.45, 7) is 4.20. The highest BCUT2D eigenvalue weighted by atomic mass is 16.5. The summed E-state index contributed by atoms with van der Waals surface area (Å²) in [4.78, 5) is 24.4. The van der Waals surface area contributed by atoms with E-state index < -0.39 is 0 Å². The van der Waals surface area contributed by atoms with Crippen molar-refractivity contribution in [1.29, 1.82) is 0 Å². The van der Waals surface area contributed by atoms with Gasteiger partial charge in [-0.3, -0.25) is 9.59 Å². The standard InChI is InChI=1S/C20H19N3O3/c1-13-4-3-5-15(10-13)12-21-19(24)16-6-8-17(9-7-16)20(25)22-18-11-14(2)26-23-18/h3-11H,12H2,1-2H3,(H,21,24)(H,22,23,25). The number of nitrogens with one attached hydrogen (secondary N) is 2. The van der Waals surface area contributed by atoms with Gasteiger partial charge in [-0.1, -0.05) is 35.0 Å². The Balaban J connectivity index is 1.59. The van der Waals surface area contributed by atoms with Gasteiger partial charge in [0.1, 0.15) is 5.76 Å². The van der Waals surface area contributed by atoms with Crippen molar-refractivity contribution in [2.75, 3.05) is 5.32 Å². The van der Waals surface area contributed by atoms with Crippen LogP contribution in [0.2, 0.25) is 0 Å². The number of carbonyl (C=O) groups is 2. The molecule has 2 aromatic carbocycles. The third kappa shape index (κ3) is 4.36. The lowest BCUT2D eigenvalue weighted by atomic mass is 10.1. The number of anilines is 1. The second-order valence-electron chi connectivity index (χ2n) is 6.03. The van der Waals surface area contributed by atoms with Gasteiger partial charge in [0.2, 0.25) is 0 Å². The zero-order valence-corrected chi connectivity index (χ0v) is 14.6. The lowest BCUT2D eigenvalue weighted by Gasteiger charge is -2.07. The lowest BCUT2D eigenvalue weighted by molar-refractivity contribution is 0.0949. The molecule has 3 aromatic rings. The summed E-state index contributed by atoms with van der Waals surface area (Å²) in [6, 6.07) is 16.0. The van der Waals surface area contributed by atoms with Gasteiger partial charge in [0, 0.05) is 23.7 Å². The molecule has 0 spiro atoms. The first kappa shape index (κ1) is 17.4. The number of hydrogen-bond acceptors (Lipinski definition) is 4. The highest BCUT2D eigenvalue weighted by Crippen LogP contribution is 2.11. The van der Waals surface area contributed by atoms with E-state index in [9.17, 15) is 9.59 Å². The van der Waals surface area contributed by atoms with E-state index in [0.717, 1.165) is 11.1 Å². The van der Waals surface area contributed by atoms with Crippen LogP contribution in [0, 0.1) is 13.8 Å². The average Bonchev–Trinajstić information content (AvgIpc) is 3.04. The minimum Gasteiger partial charge on any atom is -0.360 e. The first-order chi connectivity index (χ1) is 12.5. The summed E-state index contributed by atoms with van der Waals surface area (Å²) in [5.41, 5.74) is 3.11. The third-order valence-electron chi connectivity index (χ3n) is 3.81. The van der Waals surface area contributed by atoms with Gasteiger partial charge >= 0.3 is 0 Å². The molecule has 6 heteroatoms. The van der Waals surface area contributed by atoms with E-state index in [0.29, 0.717) is 29.2 Å². The van der Waals surface area contributed by atoms with E-state index in [1.54, 1.807) is 37.3 Å². The Kier molecular flexibility index (Phi) is 5.12. The third-order valence-corrected chi connectivity index (χ3v) is 3.81. The molecule has 6 nitrogen and oxygen atoms in total. The van der Waals surface area contributed by atoms with Crippen LogP contribution in [0.5, 0.6) is 0 Å². The Morgan fingerprint density at radius 2 is 1.65 bits per heavy atom. The van der Waals surface area contributed by atoms with Gasteiger partial charge in [-0.25, -0.2) is 0 Å². The summed E-state index contributed by atoms with van der Waals surface area (Å²) >= 11 is 0. The normalized spacial score (nSPS) is 10.4. The molecule has 0 unspecified atom stereocenters. The average molecular weight is 349 g/mol. The summed E-state index contributed by atoms with van der Waals surface area (Å²) in [5, 5.41) is 9.22. The first-order valence-electron chi connectivity index (χ1n) is 8.20. The van der Waals surface area contributed by atoms with Crippen molar-refractivity contribution in [3.8, 4) is 0 Å². The van der Waals surface area contributed by atoms with Crippen LogP contribution in [-0.2, 0) is 6.54 Å². The number of hydrogen-bond donors (Lipinski definition) is 2. The Hall–Kier alpha value is -3.41. The summed E-state index contributed by atoms with van der Waals surface area (Å²) in [6.07, 6.45) is 0. The van der Waals surface area contributed by atoms with Crippen molar-refractivity contribution in [2.45, 2.75) is 20.4 Å². The molecule has 0 aliphatic heterocycles. The van der Waals surface area contributed by atoms with Crippen molar-refractivity contribution in [3.63, 3.8) is 0 Å². The van der Waals surface area contributed by atoms with Gasteiger partial charge in [-0.2, -0.15) is 0 Å². The molecule has 0 fully saturated rings. The predicted octanol–water partition coefficient (Wildman–Crippen LogP) is 3.47. The maximum absolute atomic E-state index is 12.2. The minimum absolute atomic E-state index is 0.189. The van der Waals surface area contributed by atoms with Crippen LogP contribution in [-0.4, -0.2) is 17.0 Å². The van der Waals surface area contributed by atoms with Crippen LogP contribution >= 0.6 is 0 Å². The van der Waals surface area contributed by atoms with Gasteiger partial charge in [-0.15, -0.1) is 0 Å². The quantitative estimate of drug-likeness (QED) is 0.739. The fourth-order valence-electron chi connectivity index (χ4n) is 2.49. The van der Waals surface area contributed by atoms with Crippen molar-refractivity contribution >= 4 is 17.6 Å². The van der Waals surface area contributed by atoms with Gasteiger partial charge < -0.3 is 15.2 Å². The second-order valence-corrected chi connectivity index (χ2v) is 6.03. The zero-order chi connectivity index (χ0) is 18.5.